The van der Waals surface area contributed by atoms with Gasteiger partial charge in [0.05, 0.1) is 6.54 Å². The molecule has 118 valence electrons. The summed E-state index contributed by atoms with van der Waals surface area (Å²) in [4.78, 5) is 4.52. The summed E-state index contributed by atoms with van der Waals surface area (Å²) in [5.74, 6) is 1.69. The van der Waals surface area contributed by atoms with E-state index in [4.69, 9.17) is 0 Å². The van der Waals surface area contributed by atoms with Crippen molar-refractivity contribution < 1.29 is 0 Å². The fraction of sp³-hybridized carbons (Fsp3) is 0.105. The summed E-state index contributed by atoms with van der Waals surface area (Å²) in [6, 6.07) is 16.5. The molecule has 0 aliphatic heterocycles. The third-order valence-electron chi connectivity index (χ3n) is 3.96. The van der Waals surface area contributed by atoms with E-state index >= 15 is 0 Å². The smallest absolute Gasteiger partial charge is 0.182 e. The average Bonchev–Trinajstić information content (AvgIpc) is 3.27. The minimum Gasteiger partial charge on any atom is -0.305 e. The number of pyridine rings is 1. The monoisotopic (exact) mass is 332 g/mol. The van der Waals surface area contributed by atoms with Crippen LogP contribution in [0.1, 0.15) is 11.4 Å². The molecular weight excluding hydrogens is 316 g/mol. The normalized spacial score (nSPS) is 10.9. The van der Waals surface area contributed by atoms with E-state index in [0.29, 0.717) is 0 Å². The van der Waals surface area contributed by atoms with Crippen molar-refractivity contribution in [3.63, 3.8) is 0 Å². The van der Waals surface area contributed by atoms with Gasteiger partial charge in [-0.3, -0.25) is 4.98 Å². The second-order valence-electron chi connectivity index (χ2n) is 5.58. The van der Waals surface area contributed by atoms with E-state index < -0.39 is 0 Å². The van der Waals surface area contributed by atoms with Gasteiger partial charge in [-0.1, -0.05) is 30.3 Å². The van der Waals surface area contributed by atoms with Crippen LogP contribution in [0.4, 0.5) is 0 Å². The Balaban J connectivity index is 1.74. The van der Waals surface area contributed by atoms with Crippen LogP contribution in [0.3, 0.4) is 0 Å². The Morgan fingerprint density at radius 1 is 1.00 bits per heavy atom. The SMILES string of the molecule is Cc1nnc(-c2cc(-c3ccsc3)ccn2)n1Cc1ccccc1. The van der Waals surface area contributed by atoms with Gasteiger partial charge in [-0.15, -0.1) is 10.2 Å². The molecule has 0 saturated carbocycles. The van der Waals surface area contributed by atoms with E-state index in [9.17, 15) is 0 Å². The second-order valence-corrected chi connectivity index (χ2v) is 6.36. The molecular formula is C19H16N4S. The van der Waals surface area contributed by atoms with Crippen LogP contribution in [0.2, 0.25) is 0 Å². The summed E-state index contributed by atoms with van der Waals surface area (Å²) in [5, 5.41) is 12.8. The first-order valence-corrected chi connectivity index (χ1v) is 8.68. The topological polar surface area (TPSA) is 43.6 Å². The molecule has 0 amide bonds. The van der Waals surface area contributed by atoms with Crippen LogP contribution in [-0.2, 0) is 6.54 Å². The Kier molecular flexibility index (Phi) is 3.92. The first kappa shape index (κ1) is 14.8. The van der Waals surface area contributed by atoms with Gasteiger partial charge in [0.1, 0.15) is 11.5 Å². The van der Waals surface area contributed by atoms with Gasteiger partial charge in [-0.05, 0) is 52.6 Å². The van der Waals surface area contributed by atoms with Crippen molar-refractivity contribution in [2.45, 2.75) is 13.5 Å². The zero-order chi connectivity index (χ0) is 16.4. The molecule has 0 unspecified atom stereocenters. The first-order chi connectivity index (χ1) is 11.8. The molecule has 3 heterocycles. The molecule has 0 aliphatic carbocycles. The highest BCUT2D eigenvalue weighted by atomic mass is 32.1. The zero-order valence-corrected chi connectivity index (χ0v) is 14.1. The van der Waals surface area contributed by atoms with Crippen LogP contribution < -0.4 is 0 Å². The number of benzene rings is 1. The molecule has 0 N–H and O–H groups in total. The van der Waals surface area contributed by atoms with Crippen molar-refractivity contribution in [1.29, 1.82) is 0 Å². The van der Waals surface area contributed by atoms with Gasteiger partial charge >= 0.3 is 0 Å². The molecule has 4 aromatic rings. The van der Waals surface area contributed by atoms with Gasteiger partial charge < -0.3 is 4.57 Å². The van der Waals surface area contributed by atoms with Crippen LogP contribution in [0, 0.1) is 6.92 Å². The summed E-state index contributed by atoms with van der Waals surface area (Å²) in [7, 11) is 0. The standard InChI is InChI=1S/C19H16N4S/c1-14-21-22-19(23(14)12-15-5-3-2-4-6-15)18-11-16(7-9-20-18)17-8-10-24-13-17/h2-11,13H,12H2,1H3. The quantitative estimate of drug-likeness (QED) is 0.555. The van der Waals surface area contributed by atoms with Gasteiger partial charge in [-0.2, -0.15) is 11.3 Å². The number of hydrogen-bond acceptors (Lipinski definition) is 4. The molecule has 0 atom stereocenters. The Morgan fingerprint density at radius 3 is 2.67 bits per heavy atom. The van der Waals surface area contributed by atoms with E-state index in [-0.39, 0.29) is 0 Å². The molecule has 0 fully saturated rings. The van der Waals surface area contributed by atoms with Crippen molar-refractivity contribution in [2.75, 3.05) is 0 Å². The lowest BCUT2D eigenvalue weighted by Gasteiger charge is -2.09. The van der Waals surface area contributed by atoms with Crippen molar-refractivity contribution in [2.24, 2.45) is 0 Å². The lowest BCUT2D eigenvalue weighted by molar-refractivity contribution is 0.766. The molecule has 24 heavy (non-hydrogen) atoms. The highest BCUT2D eigenvalue weighted by molar-refractivity contribution is 7.08. The number of hydrogen-bond donors (Lipinski definition) is 0. The molecule has 0 saturated heterocycles. The molecule has 0 aliphatic rings. The van der Waals surface area contributed by atoms with Crippen LogP contribution >= 0.6 is 11.3 Å². The minimum absolute atomic E-state index is 0.735. The fourth-order valence-electron chi connectivity index (χ4n) is 2.69. The van der Waals surface area contributed by atoms with Crippen LogP contribution in [-0.4, -0.2) is 19.7 Å². The fourth-order valence-corrected chi connectivity index (χ4v) is 3.35. The lowest BCUT2D eigenvalue weighted by Crippen LogP contribution is -2.05. The molecule has 5 heteroatoms. The van der Waals surface area contributed by atoms with E-state index in [0.717, 1.165) is 29.5 Å². The second kappa shape index (κ2) is 6.37. The van der Waals surface area contributed by atoms with E-state index in [2.05, 4.69) is 54.8 Å². The van der Waals surface area contributed by atoms with Crippen molar-refractivity contribution >= 4 is 11.3 Å². The summed E-state index contributed by atoms with van der Waals surface area (Å²) in [6.45, 7) is 2.71. The van der Waals surface area contributed by atoms with Gasteiger partial charge in [0, 0.05) is 6.20 Å². The Hall–Kier alpha value is -2.79. The van der Waals surface area contributed by atoms with Crippen molar-refractivity contribution in [1.82, 2.24) is 19.7 Å². The highest BCUT2D eigenvalue weighted by Gasteiger charge is 2.13. The van der Waals surface area contributed by atoms with Gasteiger partial charge in [0.2, 0.25) is 0 Å². The Bertz CT molecular complexity index is 943. The van der Waals surface area contributed by atoms with Crippen LogP contribution in [0.15, 0.2) is 65.5 Å². The molecule has 0 bridgehead atoms. The molecule has 4 nitrogen and oxygen atoms in total. The van der Waals surface area contributed by atoms with E-state index in [1.165, 1.54) is 11.1 Å². The van der Waals surface area contributed by atoms with Gasteiger partial charge in [0.15, 0.2) is 5.82 Å². The maximum Gasteiger partial charge on any atom is 0.182 e. The molecule has 4 rings (SSSR count). The molecule has 0 spiro atoms. The van der Waals surface area contributed by atoms with E-state index in [1.807, 2.05) is 37.4 Å². The summed E-state index contributed by atoms with van der Waals surface area (Å²) in [5.41, 5.74) is 4.41. The number of nitrogens with zero attached hydrogens (tertiary/aromatic N) is 4. The third-order valence-corrected chi connectivity index (χ3v) is 4.65. The first-order valence-electron chi connectivity index (χ1n) is 7.74. The van der Waals surface area contributed by atoms with Gasteiger partial charge in [0.25, 0.3) is 0 Å². The molecule has 1 aromatic carbocycles. The summed E-state index contributed by atoms with van der Waals surface area (Å²) >= 11 is 1.69. The number of aryl methyl sites for hydroxylation is 1. The number of thiophene rings is 1. The Morgan fingerprint density at radius 2 is 1.88 bits per heavy atom. The third kappa shape index (κ3) is 2.86. The zero-order valence-electron chi connectivity index (χ0n) is 13.3. The average molecular weight is 332 g/mol. The largest absolute Gasteiger partial charge is 0.305 e. The van der Waals surface area contributed by atoms with E-state index in [1.54, 1.807) is 11.3 Å². The summed E-state index contributed by atoms with van der Waals surface area (Å²) < 4.78 is 2.11. The van der Waals surface area contributed by atoms with Crippen LogP contribution in [0.5, 0.6) is 0 Å². The highest BCUT2D eigenvalue weighted by Crippen LogP contribution is 2.26. The maximum absolute atomic E-state index is 4.52. The predicted molar refractivity (Wildman–Crippen MR) is 96.8 cm³/mol. The predicted octanol–water partition coefficient (Wildman–Crippen LogP) is 4.43. The maximum atomic E-state index is 4.52. The minimum atomic E-state index is 0.735. The van der Waals surface area contributed by atoms with Crippen LogP contribution in [0.25, 0.3) is 22.6 Å². The lowest BCUT2D eigenvalue weighted by atomic mass is 10.1. The summed E-state index contributed by atoms with van der Waals surface area (Å²) in [6.07, 6.45) is 1.83. The number of rotatable bonds is 4. The van der Waals surface area contributed by atoms with Crippen molar-refractivity contribution in [3.05, 3.63) is 76.9 Å². The molecule has 3 aromatic heterocycles. The Labute approximate surface area is 144 Å². The van der Waals surface area contributed by atoms with Crippen molar-refractivity contribution in [3.8, 4) is 22.6 Å². The molecule has 0 radical (unpaired) electrons. The van der Waals surface area contributed by atoms with Gasteiger partial charge in [-0.25, -0.2) is 0 Å². The number of aromatic nitrogens is 4.